The molecular formula is C45H25N5. The summed E-state index contributed by atoms with van der Waals surface area (Å²) in [4.78, 5) is 0. The van der Waals surface area contributed by atoms with Gasteiger partial charge in [0.25, 0.3) is 0 Å². The zero-order valence-corrected chi connectivity index (χ0v) is 26.7. The lowest BCUT2D eigenvalue weighted by Gasteiger charge is -2.18. The molecule has 5 heteroatoms. The number of nitriles is 3. The molecular weight excluding hydrogens is 611 g/mol. The summed E-state index contributed by atoms with van der Waals surface area (Å²) in [6.45, 7) is 0. The van der Waals surface area contributed by atoms with Crippen LogP contribution in [0.1, 0.15) is 16.7 Å². The van der Waals surface area contributed by atoms with Crippen molar-refractivity contribution in [2.45, 2.75) is 0 Å². The van der Waals surface area contributed by atoms with Crippen LogP contribution in [0.25, 0.3) is 77.2 Å². The van der Waals surface area contributed by atoms with Gasteiger partial charge in [-0.05, 0) is 77.4 Å². The Morgan fingerprint density at radius 1 is 0.400 bits per heavy atom. The Kier molecular flexibility index (Phi) is 6.56. The Bertz CT molecular complexity index is 2970. The van der Waals surface area contributed by atoms with Gasteiger partial charge in [0.15, 0.2) is 0 Å². The van der Waals surface area contributed by atoms with Crippen molar-refractivity contribution in [1.29, 1.82) is 15.8 Å². The van der Waals surface area contributed by atoms with Crippen molar-refractivity contribution >= 4 is 43.6 Å². The molecule has 0 N–H and O–H groups in total. The first-order chi connectivity index (χ1) is 24.7. The smallest absolute Gasteiger partial charge is 0.101 e. The molecule has 230 valence electrons. The highest BCUT2D eigenvalue weighted by molar-refractivity contribution is 6.12. The van der Waals surface area contributed by atoms with Gasteiger partial charge in [0.1, 0.15) is 6.07 Å². The lowest BCUT2D eigenvalue weighted by molar-refractivity contribution is 1.17. The standard InChI is InChI=1S/C45H25N5/c46-26-29-20-22-43-40(23-29)37-15-4-5-17-41(37)49(43)33-11-7-9-31(25-33)34-12-1-2-13-35(34)38-21-19-30(27-47)24-44(38)50-42-18-6-3-14-36(42)39-16-8-10-32(28-48)45(39)50/h1-25H. The average molecular weight is 636 g/mol. The highest BCUT2D eigenvalue weighted by Gasteiger charge is 2.21. The zero-order chi connectivity index (χ0) is 33.8. The predicted octanol–water partition coefficient (Wildman–Crippen LogP) is 10.8. The third-order valence-corrected chi connectivity index (χ3v) is 9.62. The number of hydrogen-bond donors (Lipinski definition) is 0. The molecule has 2 heterocycles. The van der Waals surface area contributed by atoms with Gasteiger partial charge in [-0.1, -0.05) is 91.0 Å². The maximum Gasteiger partial charge on any atom is 0.101 e. The molecule has 0 amide bonds. The molecule has 0 saturated heterocycles. The topological polar surface area (TPSA) is 81.2 Å². The molecule has 0 aliphatic rings. The van der Waals surface area contributed by atoms with E-state index in [0.29, 0.717) is 16.7 Å². The number of fused-ring (bicyclic) bond motifs is 6. The molecule has 0 aliphatic carbocycles. The summed E-state index contributed by atoms with van der Waals surface area (Å²) < 4.78 is 4.40. The molecule has 50 heavy (non-hydrogen) atoms. The minimum atomic E-state index is 0.537. The number of nitrogens with zero attached hydrogens (tertiary/aromatic N) is 5. The Labute approximate surface area is 287 Å². The highest BCUT2D eigenvalue weighted by Crippen LogP contribution is 2.41. The van der Waals surface area contributed by atoms with Crippen LogP contribution in [0.4, 0.5) is 0 Å². The van der Waals surface area contributed by atoms with E-state index in [9.17, 15) is 15.8 Å². The summed E-state index contributed by atoms with van der Waals surface area (Å²) in [5, 5.41) is 34.1. The highest BCUT2D eigenvalue weighted by atomic mass is 15.0. The number of aromatic nitrogens is 2. The van der Waals surface area contributed by atoms with E-state index in [4.69, 9.17) is 0 Å². The average Bonchev–Trinajstić information content (AvgIpc) is 3.70. The molecule has 2 aromatic heterocycles. The molecule has 0 atom stereocenters. The number of hydrogen-bond acceptors (Lipinski definition) is 3. The molecule has 5 nitrogen and oxygen atoms in total. The van der Waals surface area contributed by atoms with E-state index in [1.807, 2.05) is 84.9 Å². The van der Waals surface area contributed by atoms with E-state index in [1.165, 1.54) is 0 Å². The van der Waals surface area contributed by atoms with E-state index in [0.717, 1.165) is 77.2 Å². The van der Waals surface area contributed by atoms with Crippen LogP contribution in [0.2, 0.25) is 0 Å². The van der Waals surface area contributed by atoms with E-state index in [2.05, 4.69) is 94.1 Å². The van der Waals surface area contributed by atoms with Crippen molar-refractivity contribution in [3.8, 4) is 51.8 Å². The van der Waals surface area contributed by atoms with Crippen LogP contribution in [0.5, 0.6) is 0 Å². The van der Waals surface area contributed by atoms with Crippen LogP contribution >= 0.6 is 0 Å². The maximum absolute atomic E-state index is 10.2. The zero-order valence-electron chi connectivity index (χ0n) is 26.7. The summed E-state index contributed by atoms with van der Waals surface area (Å²) in [5.41, 5.74) is 11.5. The van der Waals surface area contributed by atoms with Gasteiger partial charge in [0.2, 0.25) is 0 Å². The Hall–Kier alpha value is -7.39. The second kappa shape index (κ2) is 11.4. The fraction of sp³-hybridized carbons (Fsp3) is 0. The van der Waals surface area contributed by atoms with Crippen molar-refractivity contribution < 1.29 is 0 Å². The fourth-order valence-electron chi connectivity index (χ4n) is 7.48. The van der Waals surface area contributed by atoms with Crippen LogP contribution in [0, 0.1) is 34.0 Å². The van der Waals surface area contributed by atoms with Crippen LogP contribution in [-0.4, -0.2) is 9.13 Å². The Morgan fingerprint density at radius 2 is 1.02 bits per heavy atom. The van der Waals surface area contributed by atoms with E-state index < -0.39 is 0 Å². The summed E-state index contributed by atoms with van der Waals surface area (Å²) in [7, 11) is 0. The summed E-state index contributed by atoms with van der Waals surface area (Å²) in [6, 6.07) is 57.9. The minimum Gasteiger partial charge on any atom is -0.309 e. The first-order valence-electron chi connectivity index (χ1n) is 16.3. The fourth-order valence-corrected chi connectivity index (χ4v) is 7.48. The first kappa shape index (κ1) is 28.8. The van der Waals surface area contributed by atoms with Crippen molar-refractivity contribution in [3.63, 3.8) is 0 Å². The third kappa shape index (κ3) is 4.31. The van der Waals surface area contributed by atoms with Gasteiger partial charge in [-0.3, -0.25) is 0 Å². The third-order valence-electron chi connectivity index (χ3n) is 9.62. The quantitative estimate of drug-likeness (QED) is 0.193. The maximum atomic E-state index is 10.2. The number of para-hydroxylation sites is 3. The van der Waals surface area contributed by atoms with Gasteiger partial charge in [0.05, 0.1) is 56.6 Å². The Morgan fingerprint density at radius 3 is 1.80 bits per heavy atom. The molecule has 0 saturated carbocycles. The summed E-state index contributed by atoms with van der Waals surface area (Å²) in [6.07, 6.45) is 0. The second-order valence-corrected chi connectivity index (χ2v) is 12.3. The molecule has 0 aliphatic heterocycles. The van der Waals surface area contributed by atoms with Crippen LogP contribution < -0.4 is 0 Å². The van der Waals surface area contributed by atoms with E-state index in [-0.39, 0.29) is 0 Å². The first-order valence-corrected chi connectivity index (χ1v) is 16.3. The molecule has 0 spiro atoms. The molecule has 0 radical (unpaired) electrons. The SMILES string of the molecule is N#Cc1ccc(-c2ccccc2-c2cccc(-n3c4ccccc4c4cc(C#N)ccc43)c2)c(-n2c3ccccc3c3cccc(C#N)c32)c1. The van der Waals surface area contributed by atoms with Crippen LogP contribution in [0.3, 0.4) is 0 Å². The molecule has 0 fully saturated rings. The largest absolute Gasteiger partial charge is 0.309 e. The van der Waals surface area contributed by atoms with Gasteiger partial charge < -0.3 is 9.13 Å². The lowest BCUT2D eigenvalue weighted by Crippen LogP contribution is -2.00. The molecule has 0 bridgehead atoms. The van der Waals surface area contributed by atoms with Gasteiger partial charge in [-0.15, -0.1) is 0 Å². The van der Waals surface area contributed by atoms with Crippen molar-refractivity contribution in [1.82, 2.24) is 9.13 Å². The Balaban J connectivity index is 1.29. The summed E-state index contributed by atoms with van der Waals surface area (Å²) in [5.74, 6) is 0. The van der Waals surface area contributed by atoms with Crippen molar-refractivity contribution in [2.75, 3.05) is 0 Å². The van der Waals surface area contributed by atoms with Crippen LogP contribution in [-0.2, 0) is 0 Å². The monoisotopic (exact) mass is 635 g/mol. The van der Waals surface area contributed by atoms with E-state index >= 15 is 0 Å². The van der Waals surface area contributed by atoms with Crippen molar-refractivity contribution in [2.24, 2.45) is 0 Å². The second-order valence-electron chi connectivity index (χ2n) is 12.3. The summed E-state index contributed by atoms with van der Waals surface area (Å²) >= 11 is 0. The van der Waals surface area contributed by atoms with Crippen LogP contribution in [0.15, 0.2) is 152 Å². The van der Waals surface area contributed by atoms with E-state index in [1.54, 1.807) is 0 Å². The minimum absolute atomic E-state index is 0.537. The normalized spacial score (nSPS) is 11.1. The molecule has 7 aromatic carbocycles. The van der Waals surface area contributed by atoms with Gasteiger partial charge >= 0.3 is 0 Å². The molecule has 0 unspecified atom stereocenters. The van der Waals surface area contributed by atoms with Gasteiger partial charge in [0, 0.05) is 32.8 Å². The molecule has 9 rings (SSSR count). The molecule has 9 aromatic rings. The van der Waals surface area contributed by atoms with Gasteiger partial charge in [-0.2, -0.15) is 15.8 Å². The lowest BCUT2D eigenvalue weighted by atomic mass is 9.92. The van der Waals surface area contributed by atoms with Crippen molar-refractivity contribution in [3.05, 3.63) is 168 Å². The van der Waals surface area contributed by atoms with Gasteiger partial charge in [-0.25, -0.2) is 0 Å². The number of benzene rings is 7. The predicted molar refractivity (Wildman–Crippen MR) is 200 cm³/mol. The number of rotatable bonds is 4.